The number of carbonyl (C=O) groups is 2. The Hall–Kier alpha value is -3.57. The van der Waals surface area contributed by atoms with Gasteiger partial charge in [0.25, 0.3) is 0 Å². The predicted molar refractivity (Wildman–Crippen MR) is 147 cm³/mol. The number of ether oxygens (including phenoxy) is 3. The fourth-order valence-corrected chi connectivity index (χ4v) is 6.30. The number of benzene rings is 2. The lowest BCUT2D eigenvalue weighted by atomic mass is 10.1. The van der Waals surface area contributed by atoms with Crippen molar-refractivity contribution in [1.82, 2.24) is 14.8 Å². The van der Waals surface area contributed by atoms with Crippen LogP contribution < -0.4 is 14.8 Å². The molecule has 0 saturated carbocycles. The molecule has 0 aliphatic carbocycles. The molecular weight excluding hydrogens is 522 g/mol. The summed E-state index contributed by atoms with van der Waals surface area (Å²) >= 11 is 0. The number of hydrogen-bond donors (Lipinski definition) is 1. The third-order valence-electron chi connectivity index (χ3n) is 6.67. The van der Waals surface area contributed by atoms with E-state index in [0.717, 1.165) is 5.56 Å². The average Bonchev–Trinajstić information content (AvgIpc) is 3.27. The first-order valence-corrected chi connectivity index (χ1v) is 14.5. The number of morpholine rings is 1. The summed E-state index contributed by atoms with van der Waals surface area (Å²) in [6.07, 6.45) is 1.81. The van der Waals surface area contributed by atoms with Gasteiger partial charge in [0.1, 0.15) is 12.3 Å². The molecule has 1 aromatic heterocycles. The van der Waals surface area contributed by atoms with Crippen molar-refractivity contribution >= 4 is 32.6 Å². The van der Waals surface area contributed by atoms with Gasteiger partial charge in [0.15, 0.2) is 21.3 Å². The minimum atomic E-state index is -3.97. The summed E-state index contributed by atoms with van der Waals surface area (Å²) in [6, 6.07) is 12.4. The maximum Gasteiger partial charge on any atom is 0.242 e. The Kier molecular flexibility index (Phi) is 8.81. The standard InChI is InChI=1S/C28H35N3O7S/c1-19-14-31(15-20(2)38-19)28(33)17-30-16-26(22-7-5-6-8-23(22)30)39(34,35)18-27(32)29-12-11-21-9-10-24(36-3)25(13-21)37-4/h5-10,13,16,19-20H,11-12,14-15,17-18H2,1-4H3,(H,29,32). The second-order valence-corrected chi connectivity index (χ2v) is 11.7. The van der Waals surface area contributed by atoms with Crippen LogP contribution in [-0.2, 0) is 37.1 Å². The van der Waals surface area contributed by atoms with Crippen LogP contribution in [0.25, 0.3) is 10.9 Å². The highest BCUT2D eigenvalue weighted by Gasteiger charge is 2.28. The quantitative estimate of drug-likeness (QED) is 0.407. The molecule has 1 saturated heterocycles. The van der Waals surface area contributed by atoms with E-state index in [0.29, 0.717) is 41.9 Å². The van der Waals surface area contributed by atoms with Crippen molar-refractivity contribution in [2.75, 3.05) is 39.6 Å². The topological polar surface area (TPSA) is 116 Å². The molecule has 2 amide bonds. The van der Waals surface area contributed by atoms with Crippen LogP contribution in [0.5, 0.6) is 11.5 Å². The molecule has 0 spiro atoms. The van der Waals surface area contributed by atoms with Crippen LogP contribution in [0, 0.1) is 0 Å². The molecule has 3 aromatic rings. The monoisotopic (exact) mass is 557 g/mol. The third-order valence-corrected chi connectivity index (χ3v) is 8.31. The van der Waals surface area contributed by atoms with Crippen molar-refractivity contribution in [3.05, 3.63) is 54.2 Å². The largest absolute Gasteiger partial charge is 0.493 e. The first kappa shape index (κ1) is 28.4. The maximum absolute atomic E-state index is 13.3. The molecule has 39 heavy (non-hydrogen) atoms. The Morgan fingerprint density at radius 3 is 2.41 bits per heavy atom. The zero-order chi connectivity index (χ0) is 28.2. The van der Waals surface area contributed by atoms with E-state index in [-0.39, 0.29) is 36.1 Å². The van der Waals surface area contributed by atoms with Crippen molar-refractivity contribution in [2.24, 2.45) is 0 Å². The molecular formula is C28H35N3O7S. The number of para-hydroxylation sites is 1. The van der Waals surface area contributed by atoms with Gasteiger partial charge in [-0.3, -0.25) is 9.59 Å². The Balaban J connectivity index is 1.43. The SMILES string of the molecule is COc1ccc(CCNC(=O)CS(=O)(=O)c2cn(CC(=O)N3CC(C)OC(C)C3)c3ccccc23)cc1OC. The Labute approximate surface area is 228 Å². The van der Waals surface area contributed by atoms with Crippen LogP contribution in [0.1, 0.15) is 19.4 Å². The zero-order valence-corrected chi connectivity index (χ0v) is 23.5. The van der Waals surface area contributed by atoms with Crippen LogP contribution in [0.2, 0.25) is 0 Å². The van der Waals surface area contributed by atoms with Gasteiger partial charge in [-0.25, -0.2) is 8.42 Å². The molecule has 210 valence electrons. The summed E-state index contributed by atoms with van der Waals surface area (Å²) in [6.45, 7) is 5.06. The molecule has 1 fully saturated rings. The molecule has 1 aliphatic heterocycles. The minimum absolute atomic E-state index is 0.00695. The molecule has 2 heterocycles. The first-order chi connectivity index (χ1) is 18.6. The summed E-state index contributed by atoms with van der Waals surface area (Å²) in [7, 11) is -0.872. The van der Waals surface area contributed by atoms with Gasteiger partial charge in [0.05, 0.1) is 31.3 Å². The van der Waals surface area contributed by atoms with E-state index < -0.39 is 21.5 Å². The van der Waals surface area contributed by atoms with Gasteiger partial charge < -0.3 is 29.0 Å². The van der Waals surface area contributed by atoms with Crippen molar-refractivity contribution in [3.8, 4) is 11.5 Å². The molecule has 1 aliphatic rings. The van der Waals surface area contributed by atoms with E-state index in [4.69, 9.17) is 14.2 Å². The molecule has 0 radical (unpaired) electrons. The van der Waals surface area contributed by atoms with Crippen LogP contribution in [0.4, 0.5) is 0 Å². The van der Waals surface area contributed by atoms with E-state index in [2.05, 4.69) is 5.32 Å². The zero-order valence-electron chi connectivity index (χ0n) is 22.7. The molecule has 10 nitrogen and oxygen atoms in total. The number of rotatable bonds is 10. The number of sulfone groups is 1. The lowest BCUT2D eigenvalue weighted by molar-refractivity contribution is -0.143. The number of nitrogens with one attached hydrogen (secondary N) is 1. The van der Waals surface area contributed by atoms with E-state index in [9.17, 15) is 18.0 Å². The normalized spacial score (nSPS) is 17.7. The Morgan fingerprint density at radius 2 is 1.72 bits per heavy atom. The third kappa shape index (κ3) is 6.72. The second kappa shape index (κ2) is 12.1. The molecule has 11 heteroatoms. The molecule has 2 aromatic carbocycles. The van der Waals surface area contributed by atoms with E-state index in [1.54, 1.807) is 54.0 Å². The van der Waals surface area contributed by atoms with Crippen LogP contribution in [0.15, 0.2) is 53.6 Å². The van der Waals surface area contributed by atoms with E-state index in [1.807, 2.05) is 26.0 Å². The number of amides is 2. The van der Waals surface area contributed by atoms with Crippen LogP contribution in [-0.4, -0.2) is 81.5 Å². The van der Waals surface area contributed by atoms with E-state index >= 15 is 0 Å². The predicted octanol–water partition coefficient (Wildman–Crippen LogP) is 2.43. The highest BCUT2D eigenvalue weighted by Crippen LogP contribution is 2.28. The van der Waals surface area contributed by atoms with E-state index in [1.165, 1.54) is 6.20 Å². The second-order valence-electron chi connectivity index (χ2n) is 9.74. The van der Waals surface area contributed by atoms with Crippen molar-refractivity contribution < 1.29 is 32.2 Å². The summed E-state index contributed by atoms with van der Waals surface area (Å²) in [5.74, 6) is -0.226. The number of carbonyl (C=O) groups excluding carboxylic acids is 2. The van der Waals surface area contributed by atoms with Crippen LogP contribution >= 0.6 is 0 Å². The van der Waals surface area contributed by atoms with Gasteiger partial charge in [0, 0.05) is 36.7 Å². The molecule has 2 unspecified atom stereocenters. The number of hydrogen-bond acceptors (Lipinski definition) is 7. The average molecular weight is 558 g/mol. The van der Waals surface area contributed by atoms with Gasteiger partial charge in [-0.15, -0.1) is 0 Å². The molecule has 0 bridgehead atoms. The Bertz CT molecular complexity index is 1440. The van der Waals surface area contributed by atoms with Gasteiger partial charge in [0.2, 0.25) is 11.8 Å². The van der Waals surface area contributed by atoms with Gasteiger partial charge in [-0.2, -0.15) is 0 Å². The lowest BCUT2D eigenvalue weighted by Gasteiger charge is -2.35. The lowest BCUT2D eigenvalue weighted by Crippen LogP contribution is -2.49. The van der Waals surface area contributed by atoms with Crippen molar-refractivity contribution in [1.29, 1.82) is 0 Å². The van der Waals surface area contributed by atoms with Crippen molar-refractivity contribution in [2.45, 2.75) is 43.9 Å². The fourth-order valence-electron chi connectivity index (χ4n) is 4.90. The van der Waals surface area contributed by atoms with Gasteiger partial charge >= 0.3 is 0 Å². The number of methoxy groups -OCH3 is 2. The minimum Gasteiger partial charge on any atom is -0.493 e. The van der Waals surface area contributed by atoms with Crippen molar-refractivity contribution in [3.63, 3.8) is 0 Å². The Morgan fingerprint density at radius 1 is 1.03 bits per heavy atom. The first-order valence-electron chi connectivity index (χ1n) is 12.8. The number of nitrogens with zero attached hydrogens (tertiary/aromatic N) is 2. The number of fused-ring (bicyclic) bond motifs is 1. The number of aromatic nitrogens is 1. The fraction of sp³-hybridized carbons (Fsp3) is 0.429. The summed E-state index contributed by atoms with van der Waals surface area (Å²) in [5, 5.41) is 3.17. The maximum atomic E-state index is 13.3. The smallest absolute Gasteiger partial charge is 0.242 e. The summed E-state index contributed by atoms with van der Waals surface area (Å²) < 4.78 is 44.5. The highest BCUT2D eigenvalue weighted by atomic mass is 32.2. The van der Waals surface area contributed by atoms with Crippen LogP contribution in [0.3, 0.4) is 0 Å². The highest BCUT2D eigenvalue weighted by molar-refractivity contribution is 7.92. The summed E-state index contributed by atoms with van der Waals surface area (Å²) in [4.78, 5) is 27.5. The van der Waals surface area contributed by atoms with Gasteiger partial charge in [-0.05, 0) is 44.0 Å². The molecule has 1 N–H and O–H groups in total. The molecule has 2 atom stereocenters. The summed E-state index contributed by atoms with van der Waals surface area (Å²) in [5.41, 5.74) is 1.53. The molecule has 4 rings (SSSR count). The van der Waals surface area contributed by atoms with Gasteiger partial charge in [-0.1, -0.05) is 24.3 Å².